The molecule has 1 unspecified atom stereocenters. The molecule has 24 heavy (non-hydrogen) atoms. The number of hydrogen-bond acceptors (Lipinski definition) is 4. The highest BCUT2D eigenvalue weighted by molar-refractivity contribution is 7.09. The van der Waals surface area contributed by atoms with Crippen molar-refractivity contribution in [3.8, 4) is 0 Å². The van der Waals surface area contributed by atoms with Crippen molar-refractivity contribution in [1.29, 1.82) is 0 Å². The van der Waals surface area contributed by atoms with Crippen molar-refractivity contribution < 1.29 is 0 Å². The Labute approximate surface area is 150 Å². The number of hydrogen-bond donors (Lipinski definition) is 1. The van der Waals surface area contributed by atoms with Gasteiger partial charge in [-0.25, -0.2) is 4.98 Å². The lowest BCUT2D eigenvalue weighted by Gasteiger charge is -2.25. The predicted octanol–water partition coefficient (Wildman–Crippen LogP) is 2.69. The first kappa shape index (κ1) is 17.7. The van der Waals surface area contributed by atoms with Gasteiger partial charge >= 0.3 is 0 Å². The molecule has 1 atom stereocenters. The summed E-state index contributed by atoms with van der Waals surface area (Å²) in [5.41, 5.74) is 1.29. The van der Waals surface area contributed by atoms with E-state index < -0.39 is 0 Å². The molecule has 0 aliphatic carbocycles. The van der Waals surface area contributed by atoms with Gasteiger partial charge in [0, 0.05) is 37.0 Å². The van der Waals surface area contributed by atoms with Crippen LogP contribution < -0.4 is 5.32 Å². The maximum atomic E-state index is 4.77. The second kappa shape index (κ2) is 7.40. The molecule has 1 aromatic rings. The third-order valence-electron chi connectivity index (χ3n) is 5.05. The number of aromatic nitrogens is 1. The van der Waals surface area contributed by atoms with Gasteiger partial charge in [-0.3, -0.25) is 9.89 Å². The molecule has 5 nitrogen and oxygen atoms in total. The number of likely N-dealkylation sites (tertiary alicyclic amines) is 2. The van der Waals surface area contributed by atoms with Gasteiger partial charge in [0.2, 0.25) is 0 Å². The summed E-state index contributed by atoms with van der Waals surface area (Å²) in [6.07, 6.45) is 3.99. The number of nitrogens with zero attached hydrogens (tertiary/aromatic N) is 4. The van der Waals surface area contributed by atoms with Gasteiger partial charge in [-0.1, -0.05) is 20.8 Å². The minimum absolute atomic E-state index is 0.119. The zero-order valence-electron chi connectivity index (χ0n) is 15.5. The summed E-state index contributed by atoms with van der Waals surface area (Å²) in [6.45, 7) is 12.1. The van der Waals surface area contributed by atoms with Gasteiger partial charge in [0.15, 0.2) is 5.96 Å². The maximum absolute atomic E-state index is 4.77. The molecule has 6 heteroatoms. The zero-order chi connectivity index (χ0) is 17.2. The van der Waals surface area contributed by atoms with Crippen molar-refractivity contribution in [2.24, 2.45) is 4.99 Å². The lowest BCUT2D eigenvalue weighted by atomic mass is 9.93. The minimum atomic E-state index is 0.119. The molecule has 1 N–H and O–H groups in total. The van der Waals surface area contributed by atoms with Crippen molar-refractivity contribution in [2.45, 2.75) is 58.0 Å². The quantitative estimate of drug-likeness (QED) is 0.673. The van der Waals surface area contributed by atoms with Crippen molar-refractivity contribution in [1.82, 2.24) is 20.1 Å². The average Bonchev–Trinajstić information content (AvgIpc) is 3.28. The fraction of sp³-hybridized carbons (Fsp3) is 0.778. The van der Waals surface area contributed by atoms with E-state index in [4.69, 9.17) is 4.98 Å². The van der Waals surface area contributed by atoms with E-state index in [1.807, 2.05) is 7.05 Å². The van der Waals surface area contributed by atoms with Crippen LogP contribution in [0, 0.1) is 0 Å². The van der Waals surface area contributed by atoms with E-state index in [-0.39, 0.29) is 5.41 Å². The molecular weight excluding hydrogens is 318 g/mol. The summed E-state index contributed by atoms with van der Waals surface area (Å²) < 4.78 is 0. The molecule has 0 spiro atoms. The summed E-state index contributed by atoms with van der Waals surface area (Å²) in [5.74, 6) is 1.02. The Morgan fingerprint density at radius 1 is 1.33 bits per heavy atom. The van der Waals surface area contributed by atoms with E-state index in [1.54, 1.807) is 11.3 Å². The van der Waals surface area contributed by atoms with Crippen LogP contribution in [0.5, 0.6) is 0 Å². The first-order valence-electron chi connectivity index (χ1n) is 9.12. The highest BCUT2D eigenvalue weighted by Crippen LogP contribution is 2.24. The van der Waals surface area contributed by atoms with Crippen molar-refractivity contribution in [3.63, 3.8) is 0 Å². The lowest BCUT2D eigenvalue weighted by Crippen LogP contribution is -2.42. The molecule has 2 aliphatic rings. The Kier molecular flexibility index (Phi) is 5.45. The van der Waals surface area contributed by atoms with Gasteiger partial charge in [0.1, 0.15) is 5.01 Å². The lowest BCUT2D eigenvalue weighted by molar-refractivity contribution is 0.249. The van der Waals surface area contributed by atoms with Crippen LogP contribution in [-0.4, -0.2) is 60.0 Å². The summed E-state index contributed by atoms with van der Waals surface area (Å²) in [6, 6.07) is 0.707. The van der Waals surface area contributed by atoms with Crippen LogP contribution in [0.2, 0.25) is 0 Å². The Morgan fingerprint density at radius 2 is 2.08 bits per heavy atom. The number of aliphatic imine (C=N–C) groups is 1. The zero-order valence-corrected chi connectivity index (χ0v) is 16.3. The number of nitrogens with one attached hydrogen (secondary N) is 1. The SMILES string of the molecule is CN=C(NCc1nc(C(C)(C)C)cs1)N1CCC(N2CCCC2)C1. The summed E-state index contributed by atoms with van der Waals surface area (Å²) in [4.78, 5) is 14.3. The van der Waals surface area contributed by atoms with Crippen molar-refractivity contribution in [2.75, 3.05) is 33.2 Å². The van der Waals surface area contributed by atoms with E-state index in [0.717, 1.165) is 30.6 Å². The van der Waals surface area contributed by atoms with Crippen LogP contribution >= 0.6 is 11.3 Å². The molecule has 0 saturated carbocycles. The standard InChI is InChI=1S/C18H31N5S/c1-18(2,3)15-13-24-16(21-15)11-20-17(19-4)23-10-7-14(12-23)22-8-5-6-9-22/h13-14H,5-12H2,1-4H3,(H,19,20). The molecule has 0 bridgehead atoms. The van der Waals surface area contributed by atoms with E-state index in [1.165, 1.54) is 38.0 Å². The number of rotatable bonds is 3. The molecule has 134 valence electrons. The molecule has 0 amide bonds. The molecule has 3 heterocycles. The first-order chi connectivity index (χ1) is 11.5. The van der Waals surface area contributed by atoms with Crippen molar-refractivity contribution >= 4 is 17.3 Å². The molecule has 2 aliphatic heterocycles. The first-order valence-corrected chi connectivity index (χ1v) is 10.00. The van der Waals surface area contributed by atoms with Crippen LogP contribution in [0.3, 0.4) is 0 Å². The smallest absolute Gasteiger partial charge is 0.194 e. The fourth-order valence-corrected chi connectivity index (χ4v) is 4.52. The second-order valence-corrected chi connectivity index (χ2v) is 8.85. The summed E-state index contributed by atoms with van der Waals surface area (Å²) >= 11 is 1.74. The van der Waals surface area contributed by atoms with Crippen LogP contribution in [-0.2, 0) is 12.0 Å². The average molecular weight is 350 g/mol. The van der Waals surface area contributed by atoms with Crippen LogP contribution in [0.4, 0.5) is 0 Å². The van der Waals surface area contributed by atoms with E-state index >= 15 is 0 Å². The van der Waals surface area contributed by atoms with E-state index in [0.29, 0.717) is 6.04 Å². The van der Waals surface area contributed by atoms with Gasteiger partial charge in [-0.2, -0.15) is 0 Å². The third-order valence-corrected chi connectivity index (χ3v) is 5.90. The van der Waals surface area contributed by atoms with E-state index in [2.05, 4.69) is 46.3 Å². The monoisotopic (exact) mass is 349 g/mol. The molecular formula is C18H31N5S. The summed E-state index contributed by atoms with van der Waals surface area (Å²) in [5, 5.41) is 6.82. The predicted molar refractivity (Wildman–Crippen MR) is 102 cm³/mol. The summed E-state index contributed by atoms with van der Waals surface area (Å²) in [7, 11) is 1.88. The van der Waals surface area contributed by atoms with Crippen molar-refractivity contribution in [3.05, 3.63) is 16.1 Å². The fourth-order valence-electron chi connectivity index (χ4n) is 3.56. The number of thiazole rings is 1. The highest BCUT2D eigenvalue weighted by atomic mass is 32.1. The van der Waals surface area contributed by atoms with Gasteiger partial charge in [0.05, 0.1) is 12.2 Å². The van der Waals surface area contributed by atoms with Gasteiger partial charge in [0.25, 0.3) is 0 Å². The molecule has 3 rings (SSSR count). The Hall–Kier alpha value is -1.14. The molecule has 2 saturated heterocycles. The van der Waals surface area contributed by atoms with Crippen LogP contribution in [0.15, 0.2) is 10.4 Å². The van der Waals surface area contributed by atoms with E-state index in [9.17, 15) is 0 Å². The Bertz CT molecular complexity index is 568. The molecule has 0 radical (unpaired) electrons. The third kappa shape index (κ3) is 4.09. The molecule has 2 fully saturated rings. The Balaban J connectivity index is 1.53. The highest BCUT2D eigenvalue weighted by Gasteiger charge is 2.30. The van der Waals surface area contributed by atoms with Crippen LogP contribution in [0.1, 0.15) is 50.7 Å². The molecule has 1 aromatic heterocycles. The van der Waals surface area contributed by atoms with Crippen LogP contribution in [0.25, 0.3) is 0 Å². The van der Waals surface area contributed by atoms with Gasteiger partial charge in [-0.05, 0) is 32.4 Å². The Morgan fingerprint density at radius 3 is 2.71 bits per heavy atom. The number of guanidine groups is 1. The largest absolute Gasteiger partial charge is 0.350 e. The van der Waals surface area contributed by atoms with Gasteiger partial charge in [-0.15, -0.1) is 11.3 Å². The van der Waals surface area contributed by atoms with Gasteiger partial charge < -0.3 is 10.2 Å². The minimum Gasteiger partial charge on any atom is -0.350 e. The normalized spacial score (nSPS) is 23.2. The maximum Gasteiger partial charge on any atom is 0.194 e. The molecule has 0 aromatic carbocycles. The second-order valence-electron chi connectivity index (χ2n) is 7.91. The topological polar surface area (TPSA) is 43.8 Å².